The number of hydrogen-bond acceptors (Lipinski definition) is 6. The fraction of sp³-hybridized carbons (Fsp3) is 0.438. The van der Waals surface area contributed by atoms with Crippen molar-refractivity contribution in [2.24, 2.45) is 0 Å². The van der Waals surface area contributed by atoms with Crippen molar-refractivity contribution in [1.29, 1.82) is 0 Å². The average molecular weight is 299 g/mol. The zero-order valence-electron chi connectivity index (χ0n) is 12.5. The van der Waals surface area contributed by atoms with E-state index in [0.717, 1.165) is 56.3 Å². The molecule has 3 rings (SSSR count). The van der Waals surface area contributed by atoms with E-state index >= 15 is 0 Å². The summed E-state index contributed by atoms with van der Waals surface area (Å²) in [6.45, 7) is 3.36. The van der Waals surface area contributed by atoms with Gasteiger partial charge in [-0.25, -0.2) is 9.97 Å². The Morgan fingerprint density at radius 1 is 1.23 bits per heavy atom. The van der Waals surface area contributed by atoms with Crippen LogP contribution in [-0.2, 0) is 4.74 Å². The summed E-state index contributed by atoms with van der Waals surface area (Å²) in [7, 11) is 0. The molecule has 0 saturated carbocycles. The smallest absolute Gasteiger partial charge is 0.129 e. The molecule has 2 N–H and O–H groups in total. The molecule has 0 spiro atoms. The molecular formula is C16H21N5O. The van der Waals surface area contributed by atoms with Gasteiger partial charge < -0.3 is 15.4 Å². The molecule has 22 heavy (non-hydrogen) atoms. The number of pyridine rings is 1. The molecule has 0 aliphatic carbocycles. The van der Waals surface area contributed by atoms with E-state index in [2.05, 4.69) is 25.6 Å². The minimum Gasteiger partial charge on any atom is -0.384 e. The minimum absolute atomic E-state index is 0.413. The summed E-state index contributed by atoms with van der Waals surface area (Å²) in [4.78, 5) is 12.7. The van der Waals surface area contributed by atoms with Crippen LogP contribution in [0.25, 0.3) is 0 Å². The zero-order chi connectivity index (χ0) is 15.0. The number of anilines is 2. The number of nitrogens with one attached hydrogen (secondary N) is 2. The standard InChI is InChI=1S/C16H21N5O/c1-3-14(10-17-5-1)18-6-2-7-19-16-9-15(20-12-21-16)13-4-8-22-11-13/h1,3,5,9-10,12-13,18H,2,4,6-8,11H2,(H,19,20,21)/t13-/m1/s1. The SMILES string of the molecule is c1cncc(NCCCNc2cc([C@@H]3CCOC3)ncn2)c1. The molecule has 3 heterocycles. The minimum atomic E-state index is 0.413. The third-order valence-corrected chi connectivity index (χ3v) is 3.69. The molecule has 0 aromatic carbocycles. The van der Waals surface area contributed by atoms with Crippen LogP contribution in [-0.4, -0.2) is 41.3 Å². The van der Waals surface area contributed by atoms with Gasteiger partial charge in [-0.3, -0.25) is 4.98 Å². The highest BCUT2D eigenvalue weighted by Crippen LogP contribution is 2.24. The number of rotatable bonds is 7. The number of hydrogen-bond donors (Lipinski definition) is 2. The third-order valence-electron chi connectivity index (χ3n) is 3.69. The van der Waals surface area contributed by atoms with Gasteiger partial charge in [-0.05, 0) is 25.0 Å². The van der Waals surface area contributed by atoms with Crippen LogP contribution in [0.15, 0.2) is 36.9 Å². The van der Waals surface area contributed by atoms with Crippen molar-refractivity contribution >= 4 is 11.5 Å². The van der Waals surface area contributed by atoms with Crippen molar-refractivity contribution in [3.8, 4) is 0 Å². The average Bonchev–Trinajstić information content (AvgIpc) is 3.10. The largest absolute Gasteiger partial charge is 0.384 e. The van der Waals surface area contributed by atoms with E-state index in [-0.39, 0.29) is 0 Å². The van der Waals surface area contributed by atoms with Gasteiger partial charge in [0.2, 0.25) is 0 Å². The first-order chi connectivity index (χ1) is 10.9. The van der Waals surface area contributed by atoms with E-state index in [4.69, 9.17) is 4.74 Å². The molecular weight excluding hydrogens is 278 g/mol. The summed E-state index contributed by atoms with van der Waals surface area (Å²) in [5.41, 5.74) is 2.12. The van der Waals surface area contributed by atoms with E-state index in [1.165, 1.54) is 0 Å². The molecule has 2 aromatic heterocycles. The molecule has 0 amide bonds. The lowest BCUT2D eigenvalue weighted by Crippen LogP contribution is -2.11. The lowest BCUT2D eigenvalue weighted by Gasteiger charge is -2.10. The molecule has 1 fully saturated rings. The molecule has 0 bridgehead atoms. The Morgan fingerprint density at radius 3 is 3.00 bits per heavy atom. The summed E-state index contributed by atoms with van der Waals surface area (Å²) in [5, 5.41) is 6.68. The number of aromatic nitrogens is 3. The summed E-state index contributed by atoms with van der Waals surface area (Å²) in [6, 6.07) is 5.98. The van der Waals surface area contributed by atoms with Crippen molar-refractivity contribution in [2.75, 3.05) is 36.9 Å². The van der Waals surface area contributed by atoms with Crippen molar-refractivity contribution in [1.82, 2.24) is 15.0 Å². The zero-order valence-corrected chi connectivity index (χ0v) is 12.5. The maximum absolute atomic E-state index is 5.41. The highest BCUT2D eigenvalue weighted by molar-refractivity contribution is 5.39. The van der Waals surface area contributed by atoms with Crippen molar-refractivity contribution in [3.05, 3.63) is 42.6 Å². The van der Waals surface area contributed by atoms with E-state index in [1.54, 1.807) is 12.5 Å². The number of nitrogens with zero attached hydrogens (tertiary/aromatic N) is 3. The first-order valence-corrected chi connectivity index (χ1v) is 7.69. The van der Waals surface area contributed by atoms with Crippen LogP contribution in [0.3, 0.4) is 0 Å². The van der Waals surface area contributed by atoms with E-state index in [1.807, 2.05) is 24.4 Å². The summed E-state index contributed by atoms with van der Waals surface area (Å²) < 4.78 is 5.41. The molecule has 116 valence electrons. The Kier molecular flexibility index (Phi) is 5.15. The maximum Gasteiger partial charge on any atom is 0.129 e. The van der Waals surface area contributed by atoms with Crippen LogP contribution < -0.4 is 10.6 Å². The summed E-state index contributed by atoms with van der Waals surface area (Å²) >= 11 is 0. The summed E-state index contributed by atoms with van der Waals surface area (Å²) in [6.07, 6.45) is 7.28. The molecule has 1 saturated heterocycles. The molecule has 0 radical (unpaired) electrons. The fourth-order valence-electron chi connectivity index (χ4n) is 2.46. The van der Waals surface area contributed by atoms with E-state index in [0.29, 0.717) is 5.92 Å². The predicted molar refractivity (Wildman–Crippen MR) is 86.0 cm³/mol. The molecule has 1 aliphatic heterocycles. The van der Waals surface area contributed by atoms with Gasteiger partial charge in [0, 0.05) is 44.1 Å². The predicted octanol–water partition coefficient (Wildman–Crippen LogP) is 2.29. The second-order valence-corrected chi connectivity index (χ2v) is 5.34. The highest BCUT2D eigenvalue weighted by Gasteiger charge is 2.19. The van der Waals surface area contributed by atoms with E-state index in [9.17, 15) is 0 Å². The van der Waals surface area contributed by atoms with Gasteiger partial charge in [-0.1, -0.05) is 0 Å². The second-order valence-electron chi connectivity index (χ2n) is 5.34. The Balaban J connectivity index is 1.41. The summed E-state index contributed by atoms with van der Waals surface area (Å²) in [5.74, 6) is 1.30. The van der Waals surface area contributed by atoms with Crippen molar-refractivity contribution in [2.45, 2.75) is 18.8 Å². The first-order valence-electron chi connectivity index (χ1n) is 7.69. The maximum atomic E-state index is 5.41. The Morgan fingerprint density at radius 2 is 2.18 bits per heavy atom. The molecule has 1 aliphatic rings. The Bertz CT molecular complexity index is 572. The topological polar surface area (TPSA) is 72.0 Å². The molecule has 6 heteroatoms. The van der Waals surface area contributed by atoms with Gasteiger partial charge >= 0.3 is 0 Å². The lowest BCUT2D eigenvalue weighted by atomic mass is 10.1. The van der Waals surface area contributed by atoms with Crippen LogP contribution in [0.5, 0.6) is 0 Å². The van der Waals surface area contributed by atoms with Crippen LogP contribution in [0.4, 0.5) is 11.5 Å². The third kappa shape index (κ3) is 4.14. The van der Waals surface area contributed by atoms with Crippen molar-refractivity contribution < 1.29 is 4.74 Å². The van der Waals surface area contributed by atoms with E-state index < -0.39 is 0 Å². The van der Waals surface area contributed by atoms with Gasteiger partial charge in [0.25, 0.3) is 0 Å². The van der Waals surface area contributed by atoms with Crippen LogP contribution in [0.1, 0.15) is 24.5 Å². The van der Waals surface area contributed by atoms with Gasteiger partial charge in [0.05, 0.1) is 18.0 Å². The molecule has 0 unspecified atom stereocenters. The van der Waals surface area contributed by atoms with Gasteiger partial charge in [0.1, 0.15) is 12.1 Å². The first kappa shape index (κ1) is 14.7. The molecule has 1 atom stereocenters. The monoisotopic (exact) mass is 299 g/mol. The highest BCUT2D eigenvalue weighted by atomic mass is 16.5. The quantitative estimate of drug-likeness (QED) is 0.764. The normalized spacial score (nSPS) is 17.4. The van der Waals surface area contributed by atoms with Gasteiger partial charge in [-0.2, -0.15) is 0 Å². The Labute approximate surface area is 130 Å². The van der Waals surface area contributed by atoms with Gasteiger partial charge in [0.15, 0.2) is 0 Å². The second kappa shape index (κ2) is 7.70. The molecule has 2 aromatic rings. The van der Waals surface area contributed by atoms with Crippen molar-refractivity contribution in [3.63, 3.8) is 0 Å². The van der Waals surface area contributed by atoms with Crippen LogP contribution >= 0.6 is 0 Å². The Hall–Kier alpha value is -2.21. The van der Waals surface area contributed by atoms with Crippen LogP contribution in [0.2, 0.25) is 0 Å². The lowest BCUT2D eigenvalue weighted by molar-refractivity contribution is 0.193. The van der Waals surface area contributed by atoms with Crippen LogP contribution in [0, 0.1) is 0 Å². The van der Waals surface area contributed by atoms with Gasteiger partial charge in [-0.15, -0.1) is 0 Å². The fourth-order valence-corrected chi connectivity index (χ4v) is 2.46. The molecule has 6 nitrogen and oxygen atoms in total. The number of ether oxygens (including phenoxy) is 1.